The Morgan fingerprint density at radius 1 is 0.931 bits per heavy atom. The van der Waals surface area contributed by atoms with Crippen molar-refractivity contribution in [3.8, 4) is 16.9 Å². The number of hydrazine groups is 1. The predicted molar refractivity (Wildman–Crippen MR) is 116 cm³/mol. The largest absolute Gasteiger partial charge is 0.483 e. The molecule has 3 aromatic carbocycles. The lowest BCUT2D eigenvalue weighted by atomic mass is 10.1. The zero-order chi connectivity index (χ0) is 20.6. The minimum atomic E-state index is -0.445. The number of benzene rings is 3. The SMILES string of the molecule is CSc1ccc(C)c(C(=O)NNC(=O)COc2ccccc2-c2ccccc2)c1. The predicted octanol–water partition coefficient (Wildman–Crippen LogP) is 4.22. The van der Waals surface area contributed by atoms with E-state index in [1.165, 1.54) is 0 Å². The van der Waals surface area contributed by atoms with Gasteiger partial charge in [0.05, 0.1) is 0 Å². The van der Waals surface area contributed by atoms with Crippen LogP contribution in [0.1, 0.15) is 15.9 Å². The maximum absolute atomic E-state index is 12.4. The summed E-state index contributed by atoms with van der Waals surface area (Å²) in [6, 6.07) is 22.9. The van der Waals surface area contributed by atoms with Crippen molar-refractivity contribution in [2.24, 2.45) is 0 Å². The third-order valence-electron chi connectivity index (χ3n) is 4.34. The number of ether oxygens (including phenoxy) is 1. The molecule has 0 spiro atoms. The lowest BCUT2D eigenvalue weighted by Gasteiger charge is -2.13. The number of hydrogen-bond acceptors (Lipinski definition) is 4. The number of hydrogen-bond donors (Lipinski definition) is 2. The summed E-state index contributed by atoms with van der Waals surface area (Å²) in [5.41, 5.74) is 8.11. The Labute approximate surface area is 174 Å². The number of carbonyl (C=O) groups is 2. The summed E-state index contributed by atoms with van der Waals surface area (Å²) < 4.78 is 5.68. The van der Waals surface area contributed by atoms with Crippen molar-refractivity contribution < 1.29 is 14.3 Å². The molecular formula is C23H22N2O3S. The second-order valence-electron chi connectivity index (χ2n) is 6.33. The Kier molecular flexibility index (Phi) is 6.92. The highest BCUT2D eigenvalue weighted by atomic mass is 32.2. The van der Waals surface area contributed by atoms with E-state index in [4.69, 9.17) is 4.74 Å². The Morgan fingerprint density at radius 2 is 1.66 bits per heavy atom. The Hall–Kier alpha value is -3.25. The van der Waals surface area contributed by atoms with Crippen LogP contribution in [0.15, 0.2) is 77.7 Å². The molecule has 0 aromatic heterocycles. The van der Waals surface area contributed by atoms with Crippen molar-refractivity contribution >= 4 is 23.6 Å². The molecule has 0 atom stereocenters. The fourth-order valence-electron chi connectivity index (χ4n) is 2.79. The summed E-state index contributed by atoms with van der Waals surface area (Å²) in [5, 5.41) is 0. The number of amides is 2. The molecule has 3 aromatic rings. The van der Waals surface area contributed by atoms with Crippen LogP contribution in [0, 0.1) is 6.92 Å². The fourth-order valence-corrected chi connectivity index (χ4v) is 3.23. The Morgan fingerprint density at radius 3 is 2.41 bits per heavy atom. The van der Waals surface area contributed by atoms with E-state index in [0.717, 1.165) is 21.6 Å². The van der Waals surface area contributed by atoms with Gasteiger partial charge in [0.2, 0.25) is 0 Å². The van der Waals surface area contributed by atoms with E-state index in [1.54, 1.807) is 17.8 Å². The Bertz CT molecular complexity index is 1010. The molecule has 148 valence electrons. The molecule has 0 bridgehead atoms. The first kappa shape index (κ1) is 20.5. The molecule has 0 saturated carbocycles. The molecule has 29 heavy (non-hydrogen) atoms. The zero-order valence-corrected chi connectivity index (χ0v) is 17.1. The molecule has 5 nitrogen and oxygen atoms in total. The van der Waals surface area contributed by atoms with Gasteiger partial charge in [0, 0.05) is 16.0 Å². The first-order chi connectivity index (χ1) is 14.1. The number of thioether (sulfide) groups is 1. The van der Waals surface area contributed by atoms with Gasteiger partial charge >= 0.3 is 0 Å². The van der Waals surface area contributed by atoms with Crippen molar-refractivity contribution in [2.75, 3.05) is 12.9 Å². The van der Waals surface area contributed by atoms with E-state index in [2.05, 4.69) is 10.9 Å². The van der Waals surface area contributed by atoms with E-state index in [1.807, 2.05) is 79.9 Å². The summed E-state index contributed by atoms with van der Waals surface area (Å²) in [4.78, 5) is 25.5. The smallest absolute Gasteiger partial charge is 0.276 e. The van der Waals surface area contributed by atoms with Gasteiger partial charge in [0.1, 0.15) is 5.75 Å². The molecule has 6 heteroatoms. The van der Waals surface area contributed by atoms with Crippen LogP contribution < -0.4 is 15.6 Å². The zero-order valence-electron chi connectivity index (χ0n) is 16.3. The normalized spacial score (nSPS) is 10.3. The Balaban J connectivity index is 1.58. The summed E-state index contributed by atoms with van der Waals surface area (Å²) in [6.45, 7) is 1.64. The number of carbonyl (C=O) groups excluding carboxylic acids is 2. The number of aryl methyl sites for hydroxylation is 1. The molecule has 0 unspecified atom stereocenters. The van der Waals surface area contributed by atoms with Crippen molar-refractivity contribution in [1.29, 1.82) is 0 Å². The average Bonchev–Trinajstić information content (AvgIpc) is 2.77. The van der Waals surface area contributed by atoms with Crippen LogP contribution in [0.3, 0.4) is 0 Å². The number of rotatable bonds is 6. The van der Waals surface area contributed by atoms with Crippen molar-refractivity contribution in [1.82, 2.24) is 10.9 Å². The van der Waals surface area contributed by atoms with E-state index in [-0.39, 0.29) is 12.5 Å². The molecule has 0 aliphatic rings. The van der Waals surface area contributed by atoms with Gasteiger partial charge in [-0.05, 0) is 42.5 Å². The van der Waals surface area contributed by atoms with Gasteiger partial charge in [0.15, 0.2) is 6.61 Å². The minimum absolute atomic E-state index is 0.214. The van der Waals surface area contributed by atoms with E-state index >= 15 is 0 Å². The van der Waals surface area contributed by atoms with Crippen LogP contribution in [0.4, 0.5) is 0 Å². The monoisotopic (exact) mass is 406 g/mol. The van der Waals surface area contributed by atoms with Crippen LogP contribution in [0.25, 0.3) is 11.1 Å². The summed E-state index contributed by atoms with van der Waals surface area (Å²) in [5.74, 6) is -0.208. The van der Waals surface area contributed by atoms with E-state index in [0.29, 0.717) is 11.3 Å². The van der Waals surface area contributed by atoms with Crippen LogP contribution >= 0.6 is 11.8 Å². The van der Waals surface area contributed by atoms with Crippen LogP contribution in [-0.4, -0.2) is 24.7 Å². The summed E-state index contributed by atoms with van der Waals surface area (Å²) >= 11 is 1.55. The highest BCUT2D eigenvalue weighted by Gasteiger charge is 2.12. The summed E-state index contributed by atoms with van der Waals surface area (Å²) in [7, 11) is 0. The fraction of sp³-hybridized carbons (Fsp3) is 0.130. The molecule has 0 aliphatic carbocycles. The average molecular weight is 407 g/mol. The van der Waals surface area contributed by atoms with Crippen LogP contribution in [0.5, 0.6) is 5.75 Å². The highest BCUT2D eigenvalue weighted by molar-refractivity contribution is 7.98. The second kappa shape index (κ2) is 9.80. The number of para-hydroxylation sites is 1. The standard InChI is InChI=1S/C23H22N2O3S/c1-16-12-13-18(29-2)14-20(16)23(27)25-24-22(26)15-28-21-11-7-6-10-19(21)17-8-4-3-5-9-17/h3-14H,15H2,1-2H3,(H,24,26)(H,25,27). The van der Waals surface area contributed by atoms with Gasteiger partial charge in [-0.2, -0.15) is 0 Å². The quantitative estimate of drug-likeness (QED) is 0.475. The molecule has 3 rings (SSSR count). The van der Waals surface area contributed by atoms with E-state index < -0.39 is 5.91 Å². The van der Waals surface area contributed by atoms with Gasteiger partial charge in [-0.1, -0.05) is 54.6 Å². The van der Waals surface area contributed by atoms with Gasteiger partial charge in [-0.25, -0.2) is 0 Å². The van der Waals surface area contributed by atoms with Gasteiger partial charge < -0.3 is 4.74 Å². The first-order valence-corrected chi connectivity index (χ1v) is 10.3. The minimum Gasteiger partial charge on any atom is -0.483 e. The molecule has 2 amide bonds. The van der Waals surface area contributed by atoms with Crippen molar-refractivity contribution in [3.05, 3.63) is 83.9 Å². The van der Waals surface area contributed by atoms with Gasteiger partial charge in [-0.15, -0.1) is 11.8 Å². The molecule has 0 saturated heterocycles. The van der Waals surface area contributed by atoms with Crippen molar-refractivity contribution in [3.63, 3.8) is 0 Å². The van der Waals surface area contributed by atoms with Crippen LogP contribution in [-0.2, 0) is 4.79 Å². The van der Waals surface area contributed by atoms with Crippen LogP contribution in [0.2, 0.25) is 0 Å². The second-order valence-corrected chi connectivity index (χ2v) is 7.21. The molecule has 0 aliphatic heterocycles. The lowest BCUT2D eigenvalue weighted by Crippen LogP contribution is -2.44. The number of nitrogens with one attached hydrogen (secondary N) is 2. The topological polar surface area (TPSA) is 67.4 Å². The maximum atomic E-state index is 12.4. The molecule has 0 heterocycles. The molecule has 0 fully saturated rings. The maximum Gasteiger partial charge on any atom is 0.276 e. The van der Waals surface area contributed by atoms with Gasteiger partial charge in [0.25, 0.3) is 11.8 Å². The third kappa shape index (κ3) is 5.39. The van der Waals surface area contributed by atoms with Crippen molar-refractivity contribution in [2.45, 2.75) is 11.8 Å². The molecule has 2 N–H and O–H groups in total. The highest BCUT2D eigenvalue weighted by Crippen LogP contribution is 2.29. The molecular weight excluding hydrogens is 384 g/mol. The third-order valence-corrected chi connectivity index (χ3v) is 5.06. The first-order valence-electron chi connectivity index (χ1n) is 9.09. The summed E-state index contributed by atoms with van der Waals surface area (Å²) in [6.07, 6.45) is 1.94. The van der Waals surface area contributed by atoms with Gasteiger partial charge in [-0.3, -0.25) is 20.4 Å². The van der Waals surface area contributed by atoms with E-state index in [9.17, 15) is 9.59 Å². The molecule has 0 radical (unpaired) electrons. The lowest BCUT2D eigenvalue weighted by molar-refractivity contribution is -0.123.